The number of aromatic nitrogens is 2. The van der Waals surface area contributed by atoms with Crippen LogP contribution in [-0.4, -0.2) is 16.3 Å². The Bertz CT molecular complexity index is 560. The van der Waals surface area contributed by atoms with Crippen LogP contribution in [0, 0.1) is 12.7 Å². The molecule has 0 aliphatic carbocycles. The Hall–Kier alpha value is -2.04. The van der Waals surface area contributed by atoms with Crippen molar-refractivity contribution in [3.05, 3.63) is 41.3 Å². The van der Waals surface area contributed by atoms with E-state index in [1.807, 2.05) is 11.6 Å². The number of nitrogens with two attached hydrogens (primary N) is 1. The Labute approximate surface area is 118 Å². The Kier molecular flexibility index (Phi) is 4.61. The lowest BCUT2D eigenvalue weighted by Gasteiger charge is -2.10. The van der Waals surface area contributed by atoms with Gasteiger partial charge < -0.3 is 11.1 Å². The van der Waals surface area contributed by atoms with Crippen molar-refractivity contribution in [3.63, 3.8) is 0 Å². The molecule has 0 saturated heterocycles. The van der Waals surface area contributed by atoms with Gasteiger partial charge in [0.2, 0.25) is 0 Å². The zero-order valence-corrected chi connectivity index (χ0v) is 12.0. The highest BCUT2D eigenvalue weighted by atomic mass is 19.1. The van der Waals surface area contributed by atoms with E-state index in [9.17, 15) is 4.39 Å². The van der Waals surface area contributed by atoms with Crippen LogP contribution >= 0.6 is 0 Å². The van der Waals surface area contributed by atoms with Crippen LogP contribution in [0.2, 0.25) is 0 Å². The fourth-order valence-corrected chi connectivity index (χ4v) is 2.13. The molecule has 0 fully saturated rings. The molecule has 0 amide bonds. The first-order valence-corrected chi connectivity index (χ1v) is 6.93. The molecule has 0 aliphatic heterocycles. The number of halogens is 1. The summed E-state index contributed by atoms with van der Waals surface area (Å²) in [6.45, 7) is 5.60. The van der Waals surface area contributed by atoms with E-state index in [0.717, 1.165) is 43.0 Å². The van der Waals surface area contributed by atoms with E-state index in [1.165, 1.54) is 12.1 Å². The zero-order chi connectivity index (χ0) is 14.5. The molecule has 1 aromatic heterocycles. The Morgan fingerprint density at radius 3 is 2.65 bits per heavy atom. The first kappa shape index (κ1) is 14.4. The summed E-state index contributed by atoms with van der Waals surface area (Å²) in [5, 5.41) is 7.75. The number of hydrogen-bond acceptors (Lipinski definition) is 3. The summed E-state index contributed by atoms with van der Waals surface area (Å²) < 4.78 is 14.7. The first-order chi connectivity index (χ1) is 9.61. The summed E-state index contributed by atoms with van der Waals surface area (Å²) in [6.07, 6.45) is 1.82. The van der Waals surface area contributed by atoms with Crippen LogP contribution in [0.1, 0.15) is 24.6 Å². The number of anilines is 2. The van der Waals surface area contributed by atoms with E-state index in [1.54, 1.807) is 12.1 Å². The molecule has 0 spiro atoms. The SMILES string of the molecule is CCCn1nc(C)c(N)c1NCCc1ccc(F)cc1. The number of rotatable bonds is 6. The lowest BCUT2D eigenvalue weighted by molar-refractivity contribution is 0.602. The average molecular weight is 276 g/mol. The second-order valence-corrected chi connectivity index (χ2v) is 4.87. The van der Waals surface area contributed by atoms with Crippen LogP contribution in [0.5, 0.6) is 0 Å². The van der Waals surface area contributed by atoms with Gasteiger partial charge in [-0.1, -0.05) is 19.1 Å². The third kappa shape index (κ3) is 3.29. The molecule has 1 aromatic carbocycles. The van der Waals surface area contributed by atoms with Crippen molar-refractivity contribution in [1.29, 1.82) is 0 Å². The van der Waals surface area contributed by atoms with Gasteiger partial charge in [-0.05, 0) is 37.5 Å². The molecular formula is C15H21FN4. The summed E-state index contributed by atoms with van der Waals surface area (Å²) in [4.78, 5) is 0. The van der Waals surface area contributed by atoms with Crippen molar-refractivity contribution in [2.45, 2.75) is 33.2 Å². The molecule has 0 unspecified atom stereocenters. The van der Waals surface area contributed by atoms with Gasteiger partial charge in [0, 0.05) is 13.1 Å². The quantitative estimate of drug-likeness (QED) is 0.852. The van der Waals surface area contributed by atoms with E-state index >= 15 is 0 Å². The van der Waals surface area contributed by atoms with Crippen molar-refractivity contribution < 1.29 is 4.39 Å². The second kappa shape index (κ2) is 6.41. The molecule has 3 N–H and O–H groups in total. The van der Waals surface area contributed by atoms with E-state index < -0.39 is 0 Å². The van der Waals surface area contributed by atoms with Gasteiger partial charge in [-0.15, -0.1) is 0 Å². The third-order valence-electron chi connectivity index (χ3n) is 3.23. The number of nitrogens with one attached hydrogen (secondary N) is 1. The van der Waals surface area contributed by atoms with Crippen LogP contribution in [-0.2, 0) is 13.0 Å². The van der Waals surface area contributed by atoms with Crippen molar-refractivity contribution in [2.75, 3.05) is 17.6 Å². The maximum Gasteiger partial charge on any atom is 0.148 e. The molecule has 20 heavy (non-hydrogen) atoms. The fourth-order valence-electron chi connectivity index (χ4n) is 2.13. The van der Waals surface area contributed by atoms with Crippen LogP contribution in [0.15, 0.2) is 24.3 Å². The maximum atomic E-state index is 12.8. The summed E-state index contributed by atoms with van der Waals surface area (Å²) >= 11 is 0. The van der Waals surface area contributed by atoms with Crippen molar-refractivity contribution >= 4 is 11.5 Å². The topological polar surface area (TPSA) is 55.9 Å². The monoisotopic (exact) mass is 276 g/mol. The molecule has 1 heterocycles. The summed E-state index contributed by atoms with van der Waals surface area (Å²) in [5.74, 6) is 0.675. The second-order valence-electron chi connectivity index (χ2n) is 4.87. The number of nitrogens with zero attached hydrogens (tertiary/aromatic N) is 2. The van der Waals surface area contributed by atoms with E-state index in [-0.39, 0.29) is 5.82 Å². The van der Waals surface area contributed by atoms with Crippen LogP contribution in [0.4, 0.5) is 15.9 Å². The highest BCUT2D eigenvalue weighted by Crippen LogP contribution is 2.22. The Morgan fingerprint density at radius 1 is 1.30 bits per heavy atom. The molecule has 4 nitrogen and oxygen atoms in total. The number of nitrogen functional groups attached to an aromatic ring is 1. The fraction of sp³-hybridized carbons (Fsp3) is 0.400. The van der Waals surface area contributed by atoms with Gasteiger partial charge in [0.1, 0.15) is 11.6 Å². The lowest BCUT2D eigenvalue weighted by Crippen LogP contribution is -2.12. The van der Waals surface area contributed by atoms with Crippen molar-refractivity contribution in [1.82, 2.24) is 9.78 Å². The minimum Gasteiger partial charge on any atom is -0.394 e. The van der Waals surface area contributed by atoms with Gasteiger partial charge in [-0.2, -0.15) is 5.10 Å². The van der Waals surface area contributed by atoms with Crippen LogP contribution in [0.3, 0.4) is 0 Å². The summed E-state index contributed by atoms with van der Waals surface area (Å²) in [5.41, 5.74) is 8.69. The molecule has 108 valence electrons. The van der Waals surface area contributed by atoms with E-state index in [0.29, 0.717) is 5.69 Å². The molecular weight excluding hydrogens is 255 g/mol. The normalized spacial score (nSPS) is 10.8. The summed E-state index contributed by atoms with van der Waals surface area (Å²) in [7, 11) is 0. The molecule has 2 rings (SSSR count). The van der Waals surface area contributed by atoms with Crippen LogP contribution < -0.4 is 11.1 Å². The average Bonchev–Trinajstić information content (AvgIpc) is 2.69. The third-order valence-corrected chi connectivity index (χ3v) is 3.23. The largest absolute Gasteiger partial charge is 0.394 e. The van der Waals surface area contributed by atoms with Crippen LogP contribution in [0.25, 0.3) is 0 Å². The predicted molar refractivity (Wildman–Crippen MR) is 80.3 cm³/mol. The smallest absolute Gasteiger partial charge is 0.148 e. The van der Waals surface area contributed by atoms with E-state index in [4.69, 9.17) is 5.73 Å². The Balaban J connectivity index is 1.98. The van der Waals surface area contributed by atoms with Gasteiger partial charge in [0.15, 0.2) is 0 Å². The van der Waals surface area contributed by atoms with Gasteiger partial charge in [0.05, 0.1) is 11.4 Å². The molecule has 0 atom stereocenters. The van der Waals surface area contributed by atoms with Gasteiger partial charge in [-0.25, -0.2) is 9.07 Å². The maximum absolute atomic E-state index is 12.8. The summed E-state index contributed by atoms with van der Waals surface area (Å²) in [6, 6.07) is 6.56. The molecule has 2 aromatic rings. The number of benzene rings is 1. The highest BCUT2D eigenvalue weighted by molar-refractivity contribution is 5.64. The van der Waals surface area contributed by atoms with Crippen molar-refractivity contribution in [2.24, 2.45) is 0 Å². The standard InChI is InChI=1S/C15H21FN4/c1-3-10-20-15(14(17)11(2)19-20)18-9-8-12-4-6-13(16)7-5-12/h4-7,18H,3,8-10,17H2,1-2H3. The molecule has 0 saturated carbocycles. The lowest BCUT2D eigenvalue weighted by atomic mass is 10.1. The number of hydrogen-bond donors (Lipinski definition) is 2. The van der Waals surface area contributed by atoms with Gasteiger partial charge >= 0.3 is 0 Å². The molecule has 0 radical (unpaired) electrons. The minimum absolute atomic E-state index is 0.206. The number of aryl methyl sites for hydroxylation is 2. The van der Waals surface area contributed by atoms with Crippen molar-refractivity contribution in [3.8, 4) is 0 Å². The van der Waals surface area contributed by atoms with E-state index in [2.05, 4.69) is 17.3 Å². The van der Waals surface area contributed by atoms with Gasteiger partial charge in [0.25, 0.3) is 0 Å². The Morgan fingerprint density at radius 2 is 2.00 bits per heavy atom. The molecule has 0 bridgehead atoms. The minimum atomic E-state index is -0.206. The molecule has 0 aliphatic rings. The predicted octanol–water partition coefficient (Wildman–Crippen LogP) is 2.98. The highest BCUT2D eigenvalue weighted by Gasteiger charge is 2.11. The first-order valence-electron chi connectivity index (χ1n) is 6.93. The zero-order valence-electron chi connectivity index (χ0n) is 12.0. The van der Waals surface area contributed by atoms with Gasteiger partial charge in [-0.3, -0.25) is 0 Å². The molecule has 5 heteroatoms.